The van der Waals surface area contributed by atoms with Gasteiger partial charge in [-0.2, -0.15) is 5.10 Å². The van der Waals surface area contributed by atoms with Crippen LogP contribution < -0.4 is 10.2 Å². The van der Waals surface area contributed by atoms with Gasteiger partial charge in [-0.15, -0.1) is 0 Å². The van der Waals surface area contributed by atoms with Crippen LogP contribution in [0.15, 0.2) is 18.3 Å². The molecule has 0 aromatic carbocycles. The summed E-state index contributed by atoms with van der Waals surface area (Å²) in [6, 6.07) is 4.11. The Morgan fingerprint density at radius 1 is 1.17 bits per heavy atom. The minimum Gasteiger partial charge on any atom is -0.354 e. The van der Waals surface area contributed by atoms with Crippen molar-refractivity contribution in [3.05, 3.63) is 40.8 Å². The van der Waals surface area contributed by atoms with E-state index in [0.29, 0.717) is 18.9 Å². The van der Waals surface area contributed by atoms with Crippen molar-refractivity contribution in [3.63, 3.8) is 0 Å². The SMILES string of the molecule is Cc1nn(CC(C)C)c(C)c1CC(=O)NCc1ccc(N2CCN(C)CC2)nc1. The first-order valence-corrected chi connectivity index (χ1v) is 10.5. The summed E-state index contributed by atoms with van der Waals surface area (Å²) in [6.45, 7) is 13.9. The van der Waals surface area contributed by atoms with E-state index >= 15 is 0 Å². The summed E-state index contributed by atoms with van der Waals surface area (Å²) in [5, 5.41) is 7.62. The van der Waals surface area contributed by atoms with Gasteiger partial charge in [-0.25, -0.2) is 4.98 Å². The zero-order valence-electron chi connectivity index (χ0n) is 18.4. The second kappa shape index (κ2) is 9.39. The first-order valence-electron chi connectivity index (χ1n) is 10.5. The van der Waals surface area contributed by atoms with E-state index in [4.69, 9.17) is 0 Å². The van der Waals surface area contributed by atoms with E-state index in [9.17, 15) is 4.79 Å². The molecule has 1 aliphatic heterocycles. The smallest absolute Gasteiger partial charge is 0.224 e. The molecule has 2 aromatic heterocycles. The minimum atomic E-state index is 0.0171. The fourth-order valence-electron chi connectivity index (χ4n) is 3.68. The molecule has 158 valence electrons. The third kappa shape index (κ3) is 5.56. The molecule has 1 amide bonds. The molecule has 1 saturated heterocycles. The predicted molar refractivity (Wildman–Crippen MR) is 116 cm³/mol. The van der Waals surface area contributed by atoms with Gasteiger partial charge in [-0.05, 0) is 38.4 Å². The number of likely N-dealkylation sites (N-methyl/N-ethyl adjacent to an activating group) is 1. The molecule has 3 heterocycles. The number of nitrogens with one attached hydrogen (secondary N) is 1. The van der Waals surface area contributed by atoms with E-state index in [0.717, 1.165) is 61.1 Å². The van der Waals surface area contributed by atoms with Gasteiger partial charge in [-0.3, -0.25) is 9.48 Å². The van der Waals surface area contributed by atoms with Gasteiger partial charge in [0.05, 0.1) is 12.1 Å². The number of nitrogens with zero attached hydrogens (tertiary/aromatic N) is 5. The van der Waals surface area contributed by atoms with Crippen LogP contribution in [0.25, 0.3) is 0 Å². The Morgan fingerprint density at radius 2 is 1.90 bits per heavy atom. The first kappa shape index (κ1) is 21.3. The van der Waals surface area contributed by atoms with Gasteiger partial charge < -0.3 is 15.1 Å². The molecule has 1 aliphatic rings. The van der Waals surface area contributed by atoms with Crippen molar-refractivity contribution in [2.75, 3.05) is 38.1 Å². The number of pyridine rings is 1. The van der Waals surface area contributed by atoms with Crippen molar-refractivity contribution in [2.24, 2.45) is 5.92 Å². The molecule has 2 aromatic rings. The number of piperazine rings is 1. The molecule has 1 N–H and O–H groups in total. The topological polar surface area (TPSA) is 66.3 Å². The fourth-order valence-corrected chi connectivity index (χ4v) is 3.68. The molecule has 29 heavy (non-hydrogen) atoms. The Labute approximate surface area is 174 Å². The monoisotopic (exact) mass is 398 g/mol. The van der Waals surface area contributed by atoms with E-state index in [2.05, 4.69) is 58.2 Å². The summed E-state index contributed by atoms with van der Waals surface area (Å²) in [5.74, 6) is 1.55. The molecule has 7 nitrogen and oxygen atoms in total. The van der Waals surface area contributed by atoms with Gasteiger partial charge in [0, 0.05) is 56.7 Å². The number of carbonyl (C=O) groups excluding carboxylic acids is 1. The van der Waals surface area contributed by atoms with Crippen LogP contribution in [0.1, 0.15) is 36.4 Å². The summed E-state index contributed by atoms with van der Waals surface area (Å²) >= 11 is 0. The largest absolute Gasteiger partial charge is 0.354 e. The zero-order chi connectivity index (χ0) is 21.0. The lowest BCUT2D eigenvalue weighted by molar-refractivity contribution is -0.120. The maximum Gasteiger partial charge on any atom is 0.224 e. The second-order valence-electron chi connectivity index (χ2n) is 8.49. The van der Waals surface area contributed by atoms with Crippen LogP contribution >= 0.6 is 0 Å². The number of aryl methyl sites for hydroxylation is 1. The summed E-state index contributed by atoms with van der Waals surface area (Å²) in [4.78, 5) is 21.7. The Hall–Kier alpha value is -2.41. The number of anilines is 1. The van der Waals surface area contributed by atoms with E-state index < -0.39 is 0 Å². The van der Waals surface area contributed by atoms with E-state index in [1.54, 1.807) is 0 Å². The van der Waals surface area contributed by atoms with E-state index in [-0.39, 0.29) is 5.91 Å². The minimum absolute atomic E-state index is 0.0171. The number of rotatable bonds is 7. The van der Waals surface area contributed by atoms with Crippen molar-refractivity contribution >= 4 is 11.7 Å². The molecule has 0 atom stereocenters. The van der Waals surface area contributed by atoms with Crippen LogP contribution in [0.2, 0.25) is 0 Å². The van der Waals surface area contributed by atoms with Crippen LogP contribution in [-0.2, 0) is 24.3 Å². The van der Waals surface area contributed by atoms with Crippen molar-refractivity contribution in [3.8, 4) is 0 Å². The maximum absolute atomic E-state index is 12.5. The molecule has 0 saturated carbocycles. The van der Waals surface area contributed by atoms with Crippen LogP contribution in [0.4, 0.5) is 5.82 Å². The summed E-state index contributed by atoms with van der Waals surface area (Å²) < 4.78 is 2.02. The molecule has 0 unspecified atom stereocenters. The molecule has 0 radical (unpaired) electrons. The van der Waals surface area contributed by atoms with Crippen LogP contribution in [0, 0.1) is 19.8 Å². The van der Waals surface area contributed by atoms with Crippen LogP contribution in [0.3, 0.4) is 0 Å². The predicted octanol–water partition coefficient (Wildman–Crippen LogP) is 2.16. The van der Waals surface area contributed by atoms with Gasteiger partial charge in [0.2, 0.25) is 5.91 Å². The third-order valence-corrected chi connectivity index (χ3v) is 5.53. The standard InChI is InChI=1S/C22H34N6O/c1-16(2)15-28-18(4)20(17(3)25-28)12-22(29)24-14-19-6-7-21(23-13-19)27-10-8-26(5)9-11-27/h6-7,13,16H,8-12,14-15H2,1-5H3,(H,24,29). The van der Waals surface area contributed by atoms with E-state index in [1.807, 2.05) is 24.7 Å². The lowest BCUT2D eigenvalue weighted by atomic mass is 10.1. The average Bonchev–Trinajstić information content (AvgIpc) is 2.94. The summed E-state index contributed by atoms with van der Waals surface area (Å²) in [5.41, 5.74) is 4.08. The molecular weight excluding hydrogens is 364 g/mol. The van der Waals surface area contributed by atoms with E-state index in [1.165, 1.54) is 0 Å². The summed E-state index contributed by atoms with van der Waals surface area (Å²) in [6.07, 6.45) is 2.23. The van der Waals surface area contributed by atoms with Gasteiger partial charge in [0.1, 0.15) is 5.82 Å². The first-order chi connectivity index (χ1) is 13.8. The summed E-state index contributed by atoms with van der Waals surface area (Å²) in [7, 11) is 2.15. The van der Waals surface area contributed by atoms with Gasteiger partial charge in [0.15, 0.2) is 0 Å². The molecule has 0 bridgehead atoms. The Balaban J connectivity index is 1.53. The van der Waals surface area contributed by atoms with Crippen molar-refractivity contribution in [1.29, 1.82) is 0 Å². The fraction of sp³-hybridized carbons (Fsp3) is 0.591. The molecule has 3 rings (SSSR count). The third-order valence-electron chi connectivity index (χ3n) is 5.53. The molecule has 1 fully saturated rings. The van der Waals surface area contributed by atoms with Gasteiger partial charge >= 0.3 is 0 Å². The Bertz CT molecular complexity index is 819. The maximum atomic E-state index is 12.5. The lowest BCUT2D eigenvalue weighted by Crippen LogP contribution is -2.44. The van der Waals surface area contributed by atoms with Crippen molar-refractivity contribution < 1.29 is 4.79 Å². The number of hydrogen-bond acceptors (Lipinski definition) is 5. The quantitative estimate of drug-likeness (QED) is 0.774. The second-order valence-corrected chi connectivity index (χ2v) is 8.49. The molecule has 7 heteroatoms. The number of carbonyl (C=O) groups is 1. The van der Waals surface area contributed by atoms with Crippen LogP contribution in [-0.4, -0.2) is 58.8 Å². The molecule has 0 aliphatic carbocycles. The average molecular weight is 399 g/mol. The Kier molecular flexibility index (Phi) is 6.90. The number of hydrogen-bond donors (Lipinski definition) is 1. The molecular formula is C22H34N6O. The van der Waals surface area contributed by atoms with Gasteiger partial charge in [0.25, 0.3) is 0 Å². The highest BCUT2D eigenvalue weighted by molar-refractivity contribution is 5.79. The number of amides is 1. The normalized spacial score (nSPS) is 15.2. The molecule has 0 spiro atoms. The van der Waals surface area contributed by atoms with Crippen LogP contribution in [0.5, 0.6) is 0 Å². The van der Waals surface area contributed by atoms with Crippen molar-refractivity contribution in [2.45, 2.75) is 47.2 Å². The van der Waals surface area contributed by atoms with Gasteiger partial charge in [-0.1, -0.05) is 19.9 Å². The Morgan fingerprint density at radius 3 is 2.52 bits per heavy atom. The highest BCUT2D eigenvalue weighted by atomic mass is 16.1. The number of aromatic nitrogens is 3. The lowest BCUT2D eigenvalue weighted by Gasteiger charge is -2.33. The van der Waals surface area contributed by atoms with Crippen molar-refractivity contribution in [1.82, 2.24) is 25.0 Å². The highest BCUT2D eigenvalue weighted by Crippen LogP contribution is 2.16. The zero-order valence-corrected chi connectivity index (χ0v) is 18.4. The highest BCUT2D eigenvalue weighted by Gasteiger charge is 2.17.